The van der Waals surface area contributed by atoms with Crippen molar-refractivity contribution in [1.29, 1.82) is 0 Å². The van der Waals surface area contributed by atoms with Gasteiger partial charge in [-0.3, -0.25) is 15.1 Å². The zero-order valence-electron chi connectivity index (χ0n) is 15.5. The maximum atomic E-state index is 12.5. The number of aliphatic imine (C=N–C) groups is 1. The number of urea groups is 1. The fraction of sp³-hybridized carbons (Fsp3) is 0.444. The highest BCUT2D eigenvalue weighted by Crippen LogP contribution is 2.26. The molecule has 2 N–H and O–H groups in total. The molecule has 1 atom stereocenters. The highest BCUT2D eigenvalue weighted by atomic mass is 32.2. The van der Waals surface area contributed by atoms with Crippen molar-refractivity contribution in [2.45, 2.75) is 38.7 Å². The average molecular weight is 410 g/mol. The number of hydrogen-bond acceptors (Lipinski definition) is 7. The predicted octanol–water partition coefficient (Wildman–Crippen LogP) is 2.80. The number of hydrogen-bond donors (Lipinski definition) is 2. The van der Waals surface area contributed by atoms with Gasteiger partial charge in [0.2, 0.25) is 0 Å². The summed E-state index contributed by atoms with van der Waals surface area (Å²) in [4.78, 5) is 40.5. The van der Waals surface area contributed by atoms with E-state index >= 15 is 0 Å². The van der Waals surface area contributed by atoms with Crippen LogP contribution in [-0.2, 0) is 15.3 Å². The Kier molecular flexibility index (Phi) is 8.18. The van der Waals surface area contributed by atoms with Gasteiger partial charge in [-0.2, -0.15) is 0 Å². The van der Waals surface area contributed by atoms with Crippen molar-refractivity contribution in [3.8, 4) is 0 Å². The first-order chi connectivity index (χ1) is 12.9. The molecule has 0 unspecified atom stereocenters. The first kappa shape index (κ1) is 21.3. The highest BCUT2D eigenvalue weighted by Gasteiger charge is 2.22. The number of nitrogens with zero attached hydrogens (tertiary/aromatic N) is 1. The van der Waals surface area contributed by atoms with Gasteiger partial charge >= 0.3 is 12.0 Å². The van der Waals surface area contributed by atoms with E-state index in [4.69, 9.17) is 4.74 Å². The van der Waals surface area contributed by atoms with Gasteiger partial charge in [0.05, 0.1) is 12.1 Å². The van der Waals surface area contributed by atoms with E-state index in [1.54, 1.807) is 49.5 Å². The Bertz CT molecular complexity index is 737. The molecule has 27 heavy (non-hydrogen) atoms. The Hall–Kier alpha value is -2.00. The van der Waals surface area contributed by atoms with E-state index in [-0.39, 0.29) is 6.04 Å². The number of thioether (sulfide) groups is 2. The maximum absolute atomic E-state index is 12.5. The van der Waals surface area contributed by atoms with Gasteiger partial charge in [-0.15, -0.1) is 0 Å². The number of carbonyl (C=O) groups is 3. The molecule has 1 aliphatic heterocycles. The average Bonchev–Trinajstić information content (AvgIpc) is 3.12. The van der Waals surface area contributed by atoms with Crippen LogP contribution in [0.15, 0.2) is 29.3 Å². The largest absolute Gasteiger partial charge is 0.449 e. The molecule has 7 nitrogen and oxygen atoms in total. The molecule has 1 aromatic rings. The van der Waals surface area contributed by atoms with Gasteiger partial charge in [-0.1, -0.05) is 41.7 Å². The molecule has 0 aromatic heterocycles. The summed E-state index contributed by atoms with van der Waals surface area (Å²) in [6, 6.07) is 6.38. The monoisotopic (exact) mass is 409 g/mol. The van der Waals surface area contributed by atoms with Crippen molar-refractivity contribution in [3.63, 3.8) is 0 Å². The van der Waals surface area contributed by atoms with Crippen LogP contribution in [0.25, 0.3) is 0 Å². The van der Waals surface area contributed by atoms with Crippen LogP contribution >= 0.6 is 23.5 Å². The lowest BCUT2D eigenvalue weighted by Gasteiger charge is -2.15. The summed E-state index contributed by atoms with van der Waals surface area (Å²) in [6.07, 6.45) is -1.09. The molecule has 1 aromatic carbocycles. The van der Waals surface area contributed by atoms with Crippen molar-refractivity contribution in [2.24, 2.45) is 4.99 Å². The van der Waals surface area contributed by atoms with E-state index in [0.717, 1.165) is 22.2 Å². The number of benzene rings is 1. The summed E-state index contributed by atoms with van der Waals surface area (Å²) >= 11 is 3.29. The van der Waals surface area contributed by atoms with E-state index < -0.39 is 24.0 Å². The number of amides is 3. The van der Waals surface area contributed by atoms with E-state index in [0.29, 0.717) is 11.3 Å². The molecule has 0 fully saturated rings. The standard InChI is InChI=1S/C18H23N3O4S2/c1-11(2)20-17(24)21-15(22)12(3)25-16(23)14-7-5-4-6-13(14)10-27-18-19-8-9-26-18/h4-7,11-12H,8-10H2,1-3H3,(H2,20,21,22,24)/t12-/m0/s1. The van der Waals surface area contributed by atoms with Crippen LogP contribution in [-0.4, -0.2) is 46.7 Å². The Labute approximate surface area is 167 Å². The molecular weight excluding hydrogens is 386 g/mol. The fourth-order valence-electron chi connectivity index (χ4n) is 2.18. The Morgan fingerprint density at radius 2 is 2.00 bits per heavy atom. The molecule has 0 saturated carbocycles. The van der Waals surface area contributed by atoms with Gasteiger partial charge in [0, 0.05) is 17.5 Å². The number of esters is 1. The van der Waals surface area contributed by atoms with Gasteiger partial charge in [0.1, 0.15) is 4.38 Å². The van der Waals surface area contributed by atoms with Crippen LogP contribution in [0.4, 0.5) is 4.79 Å². The zero-order valence-corrected chi connectivity index (χ0v) is 17.1. The topological polar surface area (TPSA) is 96.9 Å². The van der Waals surface area contributed by atoms with Gasteiger partial charge < -0.3 is 10.1 Å². The summed E-state index contributed by atoms with van der Waals surface area (Å²) in [5.74, 6) is 0.307. The van der Waals surface area contributed by atoms with Crippen molar-refractivity contribution in [2.75, 3.05) is 12.3 Å². The fourth-order valence-corrected chi connectivity index (χ4v) is 4.19. The minimum absolute atomic E-state index is 0.109. The summed E-state index contributed by atoms with van der Waals surface area (Å²) in [5.41, 5.74) is 1.22. The Morgan fingerprint density at radius 1 is 1.26 bits per heavy atom. The minimum Gasteiger partial charge on any atom is -0.449 e. The molecule has 146 valence electrons. The molecule has 0 saturated heterocycles. The van der Waals surface area contributed by atoms with E-state index in [2.05, 4.69) is 15.6 Å². The zero-order chi connectivity index (χ0) is 19.8. The van der Waals surface area contributed by atoms with Crippen LogP contribution in [0.3, 0.4) is 0 Å². The molecule has 0 radical (unpaired) electrons. The smallest absolute Gasteiger partial charge is 0.339 e. The number of imide groups is 1. The first-order valence-electron chi connectivity index (χ1n) is 8.57. The second-order valence-corrected chi connectivity index (χ2v) is 8.41. The third-order valence-corrected chi connectivity index (χ3v) is 5.76. The summed E-state index contributed by atoms with van der Waals surface area (Å²) < 4.78 is 6.26. The lowest BCUT2D eigenvalue weighted by Crippen LogP contribution is -2.46. The molecule has 1 heterocycles. The second-order valence-electron chi connectivity index (χ2n) is 6.11. The van der Waals surface area contributed by atoms with E-state index in [1.807, 2.05) is 12.1 Å². The molecular formula is C18H23N3O4S2. The molecule has 9 heteroatoms. The van der Waals surface area contributed by atoms with Crippen molar-refractivity contribution in [3.05, 3.63) is 35.4 Å². The highest BCUT2D eigenvalue weighted by molar-refractivity contribution is 8.38. The molecule has 0 aliphatic carbocycles. The summed E-state index contributed by atoms with van der Waals surface area (Å²) in [5, 5.41) is 4.69. The van der Waals surface area contributed by atoms with Crippen molar-refractivity contribution in [1.82, 2.24) is 10.6 Å². The lowest BCUT2D eigenvalue weighted by molar-refractivity contribution is -0.127. The minimum atomic E-state index is -1.09. The first-order valence-corrected chi connectivity index (χ1v) is 10.5. The van der Waals surface area contributed by atoms with Crippen molar-refractivity contribution < 1.29 is 19.1 Å². The van der Waals surface area contributed by atoms with E-state index in [9.17, 15) is 14.4 Å². The molecule has 3 amide bonds. The molecule has 1 aliphatic rings. The van der Waals surface area contributed by atoms with Gasteiger partial charge in [0.25, 0.3) is 5.91 Å². The number of nitrogens with one attached hydrogen (secondary N) is 2. The van der Waals surface area contributed by atoms with Gasteiger partial charge in [0.15, 0.2) is 6.10 Å². The Balaban J connectivity index is 1.94. The van der Waals surface area contributed by atoms with E-state index in [1.165, 1.54) is 6.92 Å². The maximum Gasteiger partial charge on any atom is 0.339 e. The molecule has 0 spiro atoms. The van der Waals surface area contributed by atoms with Crippen LogP contribution < -0.4 is 10.6 Å². The second kappa shape index (κ2) is 10.4. The quantitative estimate of drug-likeness (QED) is 0.702. The summed E-state index contributed by atoms with van der Waals surface area (Å²) in [7, 11) is 0. The van der Waals surface area contributed by atoms with Crippen LogP contribution in [0, 0.1) is 0 Å². The molecule has 2 rings (SSSR count). The van der Waals surface area contributed by atoms with Crippen LogP contribution in [0.5, 0.6) is 0 Å². The van der Waals surface area contributed by atoms with Gasteiger partial charge in [-0.25, -0.2) is 9.59 Å². The lowest BCUT2D eigenvalue weighted by atomic mass is 10.1. The SMILES string of the molecule is CC(C)NC(=O)NC(=O)[C@H](C)OC(=O)c1ccccc1CSC1=NCCS1. The normalized spacial score (nSPS) is 14.4. The van der Waals surface area contributed by atoms with Gasteiger partial charge in [-0.05, 0) is 32.4 Å². The Morgan fingerprint density at radius 3 is 2.67 bits per heavy atom. The summed E-state index contributed by atoms with van der Waals surface area (Å²) in [6.45, 7) is 5.81. The number of ether oxygens (including phenoxy) is 1. The predicted molar refractivity (Wildman–Crippen MR) is 109 cm³/mol. The van der Waals surface area contributed by atoms with Crippen LogP contribution in [0.2, 0.25) is 0 Å². The number of carbonyl (C=O) groups excluding carboxylic acids is 3. The third-order valence-electron chi connectivity index (χ3n) is 3.46. The number of rotatable bonds is 6. The third kappa shape index (κ3) is 6.91. The molecule has 0 bridgehead atoms. The van der Waals surface area contributed by atoms with Crippen LogP contribution in [0.1, 0.15) is 36.7 Å². The van der Waals surface area contributed by atoms with Crippen molar-refractivity contribution >= 4 is 45.8 Å².